The lowest BCUT2D eigenvalue weighted by molar-refractivity contribution is -0.131. The minimum atomic E-state index is 0.0264. The van der Waals surface area contributed by atoms with E-state index in [2.05, 4.69) is 4.98 Å². The van der Waals surface area contributed by atoms with Crippen LogP contribution in [-0.4, -0.2) is 22.8 Å². The Bertz CT molecular complexity index is 583. The maximum absolute atomic E-state index is 12.3. The Kier molecular flexibility index (Phi) is 5.34. The summed E-state index contributed by atoms with van der Waals surface area (Å²) in [7, 11) is 1.83. The van der Waals surface area contributed by atoms with Gasteiger partial charge in [-0.3, -0.25) is 9.78 Å². The van der Waals surface area contributed by atoms with Crippen molar-refractivity contribution in [2.75, 3.05) is 7.05 Å². The smallest absolute Gasteiger partial charge is 0.223 e. The van der Waals surface area contributed by atoms with Crippen molar-refractivity contribution >= 4 is 17.5 Å². The van der Waals surface area contributed by atoms with Gasteiger partial charge in [0.15, 0.2) is 0 Å². The van der Waals surface area contributed by atoms with Crippen LogP contribution < -0.4 is 0 Å². The number of carbonyl (C=O) groups is 1. The number of hydrogen-bond donors (Lipinski definition) is 0. The van der Waals surface area contributed by atoms with E-state index in [0.717, 1.165) is 11.3 Å². The predicted octanol–water partition coefficient (Wildman–Crippen LogP) is 3.89. The fourth-order valence-electron chi connectivity index (χ4n) is 2.14. The molecule has 0 saturated carbocycles. The summed E-state index contributed by atoms with van der Waals surface area (Å²) in [6.07, 6.45) is 2.88. The van der Waals surface area contributed by atoms with E-state index in [4.69, 9.17) is 11.6 Å². The molecule has 110 valence electrons. The van der Waals surface area contributed by atoms with Gasteiger partial charge in [-0.2, -0.15) is 0 Å². The number of halogens is 1. The summed E-state index contributed by atoms with van der Waals surface area (Å²) in [4.78, 5) is 18.3. The zero-order chi connectivity index (χ0) is 15.2. The van der Waals surface area contributed by atoms with Crippen LogP contribution >= 0.6 is 11.6 Å². The second-order valence-corrected chi connectivity index (χ2v) is 5.49. The number of hydrogen-bond acceptors (Lipinski definition) is 2. The summed E-state index contributed by atoms with van der Waals surface area (Å²) in [5, 5.41) is 0.704. The molecule has 0 bridgehead atoms. The molecule has 2 aromatic rings. The Hall–Kier alpha value is -1.87. The highest BCUT2D eigenvalue weighted by Gasteiger charge is 2.17. The SMILES string of the molecule is C[C@@H](c1ccc(Cl)cc1)N(C)C(=O)CCc1ccccn1. The van der Waals surface area contributed by atoms with Crippen LogP contribution in [0.1, 0.15) is 30.6 Å². The first kappa shape index (κ1) is 15.5. The lowest BCUT2D eigenvalue weighted by atomic mass is 10.1. The molecule has 0 spiro atoms. The van der Waals surface area contributed by atoms with E-state index < -0.39 is 0 Å². The van der Waals surface area contributed by atoms with Crippen LogP contribution in [0, 0.1) is 0 Å². The lowest BCUT2D eigenvalue weighted by Crippen LogP contribution is -2.29. The third-order valence-electron chi connectivity index (χ3n) is 3.65. The summed E-state index contributed by atoms with van der Waals surface area (Å²) in [6.45, 7) is 2.02. The Balaban J connectivity index is 1.94. The van der Waals surface area contributed by atoms with Gasteiger partial charge < -0.3 is 4.90 Å². The van der Waals surface area contributed by atoms with Gasteiger partial charge in [-0.15, -0.1) is 0 Å². The molecule has 1 amide bonds. The Morgan fingerprint density at radius 1 is 1.24 bits per heavy atom. The molecule has 0 aliphatic carbocycles. The number of aryl methyl sites for hydroxylation is 1. The zero-order valence-corrected chi connectivity index (χ0v) is 13.0. The molecule has 0 aliphatic heterocycles. The summed E-state index contributed by atoms with van der Waals surface area (Å²) in [5.41, 5.74) is 2.02. The van der Waals surface area contributed by atoms with Crippen molar-refractivity contribution < 1.29 is 4.79 Å². The maximum atomic E-state index is 12.3. The molecule has 1 atom stereocenters. The monoisotopic (exact) mass is 302 g/mol. The number of pyridine rings is 1. The van der Waals surface area contributed by atoms with Crippen molar-refractivity contribution in [3.05, 3.63) is 64.9 Å². The number of nitrogens with zero attached hydrogens (tertiary/aromatic N) is 2. The molecule has 0 aliphatic rings. The zero-order valence-electron chi connectivity index (χ0n) is 12.3. The molecular weight excluding hydrogens is 284 g/mol. The average molecular weight is 303 g/mol. The van der Waals surface area contributed by atoms with Crippen molar-refractivity contribution in [3.8, 4) is 0 Å². The Labute approximate surface area is 130 Å². The third-order valence-corrected chi connectivity index (χ3v) is 3.90. The van der Waals surface area contributed by atoms with Gasteiger partial charge in [0.1, 0.15) is 0 Å². The number of rotatable bonds is 5. The molecule has 3 nitrogen and oxygen atoms in total. The van der Waals surface area contributed by atoms with Crippen LogP contribution in [0.15, 0.2) is 48.7 Å². The van der Waals surface area contributed by atoms with Crippen molar-refractivity contribution in [3.63, 3.8) is 0 Å². The molecule has 4 heteroatoms. The predicted molar refractivity (Wildman–Crippen MR) is 85.2 cm³/mol. The quantitative estimate of drug-likeness (QED) is 0.839. The van der Waals surface area contributed by atoms with E-state index in [0.29, 0.717) is 17.9 Å². The minimum Gasteiger partial charge on any atom is -0.339 e. The van der Waals surface area contributed by atoms with Crippen LogP contribution in [0.4, 0.5) is 0 Å². The van der Waals surface area contributed by atoms with Gasteiger partial charge in [-0.25, -0.2) is 0 Å². The molecule has 0 saturated heterocycles. The normalized spacial score (nSPS) is 12.0. The molecule has 0 radical (unpaired) electrons. The highest BCUT2D eigenvalue weighted by atomic mass is 35.5. The number of amides is 1. The van der Waals surface area contributed by atoms with Crippen molar-refractivity contribution in [1.82, 2.24) is 9.88 Å². The van der Waals surface area contributed by atoms with Crippen molar-refractivity contribution in [1.29, 1.82) is 0 Å². The highest BCUT2D eigenvalue weighted by molar-refractivity contribution is 6.30. The second kappa shape index (κ2) is 7.23. The van der Waals surface area contributed by atoms with E-state index >= 15 is 0 Å². The fraction of sp³-hybridized carbons (Fsp3) is 0.294. The number of benzene rings is 1. The van der Waals surface area contributed by atoms with Crippen molar-refractivity contribution in [2.45, 2.75) is 25.8 Å². The molecule has 21 heavy (non-hydrogen) atoms. The summed E-state index contributed by atoms with van der Waals surface area (Å²) in [5.74, 6) is 0.114. The molecule has 0 unspecified atom stereocenters. The largest absolute Gasteiger partial charge is 0.339 e. The van der Waals surface area contributed by atoms with Crippen LogP contribution in [0.5, 0.6) is 0 Å². The molecule has 0 N–H and O–H groups in total. The summed E-state index contributed by atoms with van der Waals surface area (Å²) in [6, 6.07) is 13.4. The van der Waals surface area contributed by atoms with E-state index in [1.807, 2.05) is 56.4 Å². The first-order chi connectivity index (χ1) is 10.1. The molecule has 1 aromatic carbocycles. The van der Waals surface area contributed by atoms with Gasteiger partial charge in [0.2, 0.25) is 5.91 Å². The first-order valence-electron chi connectivity index (χ1n) is 6.99. The molecule has 1 heterocycles. The van der Waals surface area contributed by atoms with Crippen LogP contribution in [-0.2, 0) is 11.2 Å². The van der Waals surface area contributed by atoms with Gasteiger partial charge in [0, 0.05) is 30.4 Å². The molecule has 0 fully saturated rings. The number of aromatic nitrogens is 1. The Morgan fingerprint density at radius 2 is 1.95 bits per heavy atom. The standard InChI is InChI=1S/C17H19ClN2O/c1-13(14-6-8-15(18)9-7-14)20(2)17(21)11-10-16-5-3-4-12-19-16/h3-9,12-13H,10-11H2,1-2H3/t13-/m0/s1. The van der Waals surface area contributed by atoms with E-state index in [9.17, 15) is 4.79 Å². The highest BCUT2D eigenvalue weighted by Crippen LogP contribution is 2.21. The summed E-state index contributed by atoms with van der Waals surface area (Å²) < 4.78 is 0. The van der Waals surface area contributed by atoms with Gasteiger partial charge in [0.25, 0.3) is 0 Å². The molecule has 1 aromatic heterocycles. The van der Waals surface area contributed by atoms with Gasteiger partial charge >= 0.3 is 0 Å². The topological polar surface area (TPSA) is 33.2 Å². The fourth-order valence-corrected chi connectivity index (χ4v) is 2.26. The van der Waals surface area contributed by atoms with Gasteiger partial charge in [0.05, 0.1) is 6.04 Å². The van der Waals surface area contributed by atoms with Crippen LogP contribution in [0.3, 0.4) is 0 Å². The van der Waals surface area contributed by atoms with Gasteiger partial charge in [-0.1, -0.05) is 29.8 Å². The third kappa shape index (κ3) is 4.30. The maximum Gasteiger partial charge on any atom is 0.223 e. The van der Waals surface area contributed by atoms with E-state index in [1.165, 1.54) is 0 Å². The van der Waals surface area contributed by atoms with E-state index in [1.54, 1.807) is 11.1 Å². The van der Waals surface area contributed by atoms with Crippen LogP contribution in [0.2, 0.25) is 5.02 Å². The van der Waals surface area contributed by atoms with Crippen LogP contribution in [0.25, 0.3) is 0 Å². The number of carbonyl (C=O) groups excluding carboxylic acids is 1. The second-order valence-electron chi connectivity index (χ2n) is 5.05. The summed E-state index contributed by atoms with van der Waals surface area (Å²) >= 11 is 5.89. The minimum absolute atomic E-state index is 0.0264. The van der Waals surface area contributed by atoms with Crippen molar-refractivity contribution in [2.24, 2.45) is 0 Å². The lowest BCUT2D eigenvalue weighted by Gasteiger charge is -2.25. The van der Waals surface area contributed by atoms with E-state index in [-0.39, 0.29) is 11.9 Å². The molecule has 2 rings (SSSR count). The average Bonchev–Trinajstić information content (AvgIpc) is 2.53. The Morgan fingerprint density at radius 3 is 2.57 bits per heavy atom. The van der Waals surface area contributed by atoms with Gasteiger partial charge in [-0.05, 0) is 43.2 Å². The first-order valence-corrected chi connectivity index (χ1v) is 7.37. The molecular formula is C17H19ClN2O.